The number of ether oxygens (including phenoxy) is 1. The van der Waals surface area contributed by atoms with Gasteiger partial charge in [-0.15, -0.1) is 0 Å². The first-order valence-electron chi connectivity index (χ1n) is 9.47. The molecule has 1 unspecified atom stereocenters. The first-order chi connectivity index (χ1) is 12.7. The van der Waals surface area contributed by atoms with Gasteiger partial charge >= 0.3 is 0 Å². The Kier molecular flexibility index (Phi) is 5.05. The largest absolute Gasteiger partial charge is 0.488 e. The molecule has 4 rings (SSSR count). The molecule has 0 spiro atoms. The number of benzene rings is 2. The zero-order chi connectivity index (χ0) is 17.9. The van der Waals surface area contributed by atoms with Crippen molar-refractivity contribution in [3.05, 3.63) is 65.7 Å². The van der Waals surface area contributed by atoms with Crippen molar-refractivity contribution in [2.75, 3.05) is 6.54 Å². The fraction of sp³-hybridized carbons (Fsp3) is 0.409. The van der Waals surface area contributed by atoms with E-state index < -0.39 is 6.10 Å². The minimum absolute atomic E-state index is 0.00816. The molecule has 1 saturated carbocycles. The Balaban J connectivity index is 1.32. The van der Waals surface area contributed by atoms with Gasteiger partial charge in [-0.2, -0.15) is 0 Å². The van der Waals surface area contributed by atoms with E-state index >= 15 is 0 Å². The van der Waals surface area contributed by atoms with E-state index in [0.29, 0.717) is 6.54 Å². The van der Waals surface area contributed by atoms with Crippen molar-refractivity contribution in [1.82, 2.24) is 5.32 Å². The molecule has 2 aliphatic rings. The number of fused-ring (bicyclic) bond motifs is 1. The number of nitrogens with one attached hydrogen (secondary N) is 1. The van der Waals surface area contributed by atoms with Gasteiger partial charge in [0.25, 0.3) is 0 Å². The summed E-state index contributed by atoms with van der Waals surface area (Å²) in [5.41, 5.74) is 2.02. The molecule has 0 radical (unpaired) electrons. The smallest absolute Gasteiger partial charge is 0.167 e. The standard InChI is InChI=1S/C22H25NO3/c24-21-16(11-10-15-6-4-5-9-18(15)21)14-23-19-12-13-20(22(19)25)26-17-7-2-1-3-8-17/h1-9,16,19-20,22-23,25H,10-14H2/t16-,19+,20+,22?/m0/s1. The summed E-state index contributed by atoms with van der Waals surface area (Å²) in [6.45, 7) is 0.618. The number of aliphatic hydroxyl groups excluding tert-OH is 1. The number of carbonyl (C=O) groups excluding carboxylic acids is 1. The second kappa shape index (κ2) is 7.60. The van der Waals surface area contributed by atoms with Gasteiger partial charge in [0.2, 0.25) is 0 Å². The molecule has 4 heteroatoms. The molecular formula is C22H25NO3. The number of carbonyl (C=O) groups is 1. The molecule has 0 bridgehead atoms. The number of Topliss-reactive ketones (excluding diaryl/α,β-unsaturated/α-hetero) is 1. The summed E-state index contributed by atoms with van der Waals surface area (Å²) in [4.78, 5) is 12.7. The summed E-state index contributed by atoms with van der Waals surface area (Å²) in [6.07, 6.45) is 2.74. The van der Waals surface area contributed by atoms with Crippen LogP contribution in [0.5, 0.6) is 5.75 Å². The normalized spacial score (nSPS) is 28.0. The molecule has 2 N–H and O–H groups in total. The zero-order valence-electron chi connectivity index (χ0n) is 14.8. The summed E-state index contributed by atoms with van der Waals surface area (Å²) in [6, 6.07) is 17.5. The Bertz CT molecular complexity index is 761. The molecule has 0 aliphatic heterocycles. The van der Waals surface area contributed by atoms with E-state index in [9.17, 15) is 9.90 Å². The number of hydrogen-bond acceptors (Lipinski definition) is 4. The van der Waals surface area contributed by atoms with Gasteiger partial charge in [-0.3, -0.25) is 4.79 Å². The highest BCUT2D eigenvalue weighted by Crippen LogP contribution is 2.28. The van der Waals surface area contributed by atoms with Crippen LogP contribution in [0.4, 0.5) is 0 Å². The average Bonchev–Trinajstić information content (AvgIpc) is 3.02. The van der Waals surface area contributed by atoms with Crippen LogP contribution in [0.25, 0.3) is 0 Å². The topological polar surface area (TPSA) is 58.6 Å². The molecule has 4 atom stereocenters. The number of para-hydroxylation sites is 1. The maximum Gasteiger partial charge on any atom is 0.167 e. The first kappa shape index (κ1) is 17.3. The van der Waals surface area contributed by atoms with Crippen LogP contribution in [0, 0.1) is 5.92 Å². The minimum atomic E-state index is -0.554. The lowest BCUT2D eigenvalue weighted by Gasteiger charge is -2.26. The van der Waals surface area contributed by atoms with Gasteiger partial charge in [0.1, 0.15) is 18.0 Å². The van der Waals surface area contributed by atoms with Gasteiger partial charge in [0.15, 0.2) is 5.78 Å². The summed E-state index contributed by atoms with van der Waals surface area (Å²) in [5.74, 6) is 1.01. The van der Waals surface area contributed by atoms with E-state index in [1.54, 1.807) is 0 Å². The van der Waals surface area contributed by atoms with Gasteiger partial charge in [0.05, 0.1) is 0 Å². The molecule has 0 amide bonds. The van der Waals surface area contributed by atoms with Crippen LogP contribution in [0.3, 0.4) is 0 Å². The van der Waals surface area contributed by atoms with Crippen molar-refractivity contribution in [2.24, 2.45) is 5.92 Å². The highest BCUT2D eigenvalue weighted by Gasteiger charge is 2.37. The lowest BCUT2D eigenvalue weighted by atomic mass is 9.82. The van der Waals surface area contributed by atoms with Gasteiger partial charge in [0, 0.05) is 24.1 Å². The lowest BCUT2D eigenvalue weighted by Crippen LogP contribution is -2.44. The Morgan fingerprint density at radius 1 is 1.00 bits per heavy atom. The van der Waals surface area contributed by atoms with Gasteiger partial charge in [-0.05, 0) is 43.4 Å². The maximum absolute atomic E-state index is 12.7. The van der Waals surface area contributed by atoms with Crippen LogP contribution in [-0.4, -0.2) is 35.7 Å². The highest BCUT2D eigenvalue weighted by molar-refractivity contribution is 6.00. The molecule has 2 aliphatic carbocycles. The Morgan fingerprint density at radius 3 is 2.62 bits per heavy atom. The van der Waals surface area contributed by atoms with Crippen molar-refractivity contribution in [3.63, 3.8) is 0 Å². The molecule has 0 heterocycles. The van der Waals surface area contributed by atoms with Gasteiger partial charge < -0.3 is 15.2 Å². The number of ketones is 1. The predicted octanol–water partition coefficient (Wildman–Crippen LogP) is 2.99. The Labute approximate surface area is 154 Å². The summed E-state index contributed by atoms with van der Waals surface area (Å²) >= 11 is 0. The molecule has 2 aromatic carbocycles. The molecule has 0 saturated heterocycles. The van der Waals surface area contributed by atoms with Crippen LogP contribution in [0.1, 0.15) is 35.2 Å². The average molecular weight is 351 g/mol. The van der Waals surface area contributed by atoms with Crippen molar-refractivity contribution in [1.29, 1.82) is 0 Å². The maximum atomic E-state index is 12.7. The van der Waals surface area contributed by atoms with Crippen LogP contribution in [-0.2, 0) is 6.42 Å². The quantitative estimate of drug-likeness (QED) is 0.869. The summed E-state index contributed by atoms with van der Waals surface area (Å²) < 4.78 is 5.92. The second-order valence-corrected chi connectivity index (χ2v) is 7.31. The monoisotopic (exact) mass is 351 g/mol. The molecule has 2 aromatic rings. The van der Waals surface area contributed by atoms with E-state index in [1.165, 1.54) is 0 Å². The van der Waals surface area contributed by atoms with Crippen molar-refractivity contribution >= 4 is 5.78 Å². The summed E-state index contributed by atoms with van der Waals surface area (Å²) in [7, 11) is 0. The van der Waals surface area contributed by atoms with E-state index in [1.807, 2.05) is 54.6 Å². The number of aliphatic hydroxyl groups is 1. The third kappa shape index (κ3) is 3.53. The first-order valence-corrected chi connectivity index (χ1v) is 9.47. The number of hydrogen-bond donors (Lipinski definition) is 2. The third-order valence-corrected chi connectivity index (χ3v) is 5.63. The lowest BCUT2D eigenvalue weighted by molar-refractivity contribution is 0.0441. The van der Waals surface area contributed by atoms with Gasteiger partial charge in [-0.25, -0.2) is 0 Å². The Hall–Kier alpha value is -2.17. The van der Waals surface area contributed by atoms with Crippen LogP contribution < -0.4 is 10.1 Å². The van der Waals surface area contributed by atoms with E-state index in [-0.39, 0.29) is 23.8 Å². The van der Waals surface area contributed by atoms with Crippen LogP contribution >= 0.6 is 0 Å². The molecule has 26 heavy (non-hydrogen) atoms. The second-order valence-electron chi connectivity index (χ2n) is 7.31. The SMILES string of the molecule is O=C1c2ccccc2CC[C@H]1CN[C@@H]1CC[C@@H](Oc2ccccc2)C1O. The predicted molar refractivity (Wildman–Crippen MR) is 100 cm³/mol. The van der Waals surface area contributed by atoms with E-state index in [0.717, 1.165) is 42.6 Å². The van der Waals surface area contributed by atoms with Crippen LogP contribution in [0.15, 0.2) is 54.6 Å². The van der Waals surface area contributed by atoms with Crippen LogP contribution in [0.2, 0.25) is 0 Å². The zero-order valence-corrected chi connectivity index (χ0v) is 14.8. The molecule has 1 fully saturated rings. The van der Waals surface area contributed by atoms with Gasteiger partial charge in [-0.1, -0.05) is 42.5 Å². The van der Waals surface area contributed by atoms with Crippen molar-refractivity contribution < 1.29 is 14.6 Å². The molecular weight excluding hydrogens is 326 g/mol. The fourth-order valence-electron chi connectivity index (χ4n) is 4.12. The van der Waals surface area contributed by atoms with Crippen molar-refractivity contribution in [3.8, 4) is 5.75 Å². The van der Waals surface area contributed by atoms with Crippen molar-refractivity contribution in [2.45, 2.75) is 43.9 Å². The molecule has 0 aromatic heterocycles. The fourth-order valence-corrected chi connectivity index (χ4v) is 4.12. The van der Waals surface area contributed by atoms with E-state index in [4.69, 9.17) is 4.74 Å². The summed E-state index contributed by atoms with van der Waals surface area (Å²) in [5, 5.41) is 14.0. The minimum Gasteiger partial charge on any atom is -0.488 e. The number of aryl methyl sites for hydroxylation is 1. The Morgan fingerprint density at radius 2 is 1.77 bits per heavy atom. The number of rotatable bonds is 5. The third-order valence-electron chi connectivity index (χ3n) is 5.63. The van der Waals surface area contributed by atoms with E-state index in [2.05, 4.69) is 5.32 Å². The highest BCUT2D eigenvalue weighted by atomic mass is 16.5. The molecule has 4 nitrogen and oxygen atoms in total. The molecule has 136 valence electrons.